The molecule has 0 aliphatic rings. The fourth-order valence-corrected chi connectivity index (χ4v) is 1.89. The summed E-state index contributed by atoms with van der Waals surface area (Å²) in [7, 11) is 0. The van der Waals surface area contributed by atoms with E-state index in [4.69, 9.17) is 0 Å². The van der Waals surface area contributed by atoms with Gasteiger partial charge in [-0.1, -0.05) is 22.9 Å². The second-order valence-electron chi connectivity index (χ2n) is 3.59. The second-order valence-corrected chi connectivity index (χ2v) is 4.44. The molecule has 0 saturated heterocycles. The van der Waals surface area contributed by atoms with Crippen molar-refractivity contribution in [3.05, 3.63) is 34.1 Å². The lowest BCUT2D eigenvalue weighted by molar-refractivity contribution is 0.618. The second kappa shape index (κ2) is 6.96. The van der Waals surface area contributed by atoms with E-state index in [1.165, 1.54) is 6.07 Å². The molecule has 0 bridgehead atoms. The minimum Gasteiger partial charge on any atom is -0.317 e. The molecule has 1 N–H and O–H groups in total. The number of aryl methyl sites for hydroxylation is 1. The Morgan fingerprint density at radius 1 is 1.33 bits per heavy atom. The molecule has 0 saturated carbocycles. The predicted molar refractivity (Wildman–Crippen MR) is 65.6 cm³/mol. The Hall–Kier alpha value is -0.410. The van der Waals surface area contributed by atoms with E-state index in [1.54, 1.807) is 12.1 Å². The van der Waals surface area contributed by atoms with Crippen LogP contribution >= 0.6 is 15.9 Å². The zero-order chi connectivity index (χ0) is 11.1. The van der Waals surface area contributed by atoms with Crippen LogP contribution in [0.25, 0.3) is 0 Å². The van der Waals surface area contributed by atoms with E-state index in [0.717, 1.165) is 42.4 Å². The Balaban J connectivity index is 2.33. The first-order valence-electron chi connectivity index (χ1n) is 5.38. The molecule has 0 atom stereocenters. The molecule has 0 radical (unpaired) electrons. The lowest BCUT2D eigenvalue weighted by Crippen LogP contribution is -2.16. The van der Waals surface area contributed by atoms with Crippen LogP contribution in [0, 0.1) is 5.82 Å². The maximum Gasteiger partial charge on any atom is 0.123 e. The Kier molecular flexibility index (Phi) is 5.88. The Morgan fingerprint density at radius 3 is 2.87 bits per heavy atom. The highest BCUT2D eigenvalue weighted by atomic mass is 79.9. The monoisotopic (exact) mass is 273 g/mol. The SMILES string of the molecule is CCCNCCCc1cc(F)ccc1Br. The molecule has 15 heavy (non-hydrogen) atoms. The van der Waals surface area contributed by atoms with Gasteiger partial charge in [0.2, 0.25) is 0 Å². The van der Waals surface area contributed by atoms with Crippen molar-refractivity contribution >= 4 is 15.9 Å². The van der Waals surface area contributed by atoms with Crippen molar-refractivity contribution in [2.24, 2.45) is 0 Å². The van der Waals surface area contributed by atoms with Gasteiger partial charge in [-0.05, 0) is 56.1 Å². The van der Waals surface area contributed by atoms with Crippen LogP contribution < -0.4 is 5.32 Å². The molecule has 3 heteroatoms. The number of hydrogen-bond acceptors (Lipinski definition) is 1. The van der Waals surface area contributed by atoms with E-state index in [0.29, 0.717) is 0 Å². The van der Waals surface area contributed by atoms with Crippen LogP contribution in [0.3, 0.4) is 0 Å². The quantitative estimate of drug-likeness (QED) is 0.783. The van der Waals surface area contributed by atoms with Gasteiger partial charge in [0.15, 0.2) is 0 Å². The minimum absolute atomic E-state index is 0.158. The van der Waals surface area contributed by atoms with E-state index in [-0.39, 0.29) is 5.82 Å². The molecule has 1 rings (SSSR count). The van der Waals surface area contributed by atoms with Crippen molar-refractivity contribution < 1.29 is 4.39 Å². The van der Waals surface area contributed by atoms with Gasteiger partial charge in [-0.3, -0.25) is 0 Å². The van der Waals surface area contributed by atoms with Crippen LogP contribution in [0.2, 0.25) is 0 Å². The Bertz CT molecular complexity index is 302. The molecule has 1 nitrogen and oxygen atoms in total. The number of rotatable bonds is 6. The molecule has 0 aliphatic heterocycles. The van der Waals surface area contributed by atoms with Gasteiger partial charge in [0, 0.05) is 4.47 Å². The van der Waals surface area contributed by atoms with Gasteiger partial charge in [-0.15, -0.1) is 0 Å². The zero-order valence-corrected chi connectivity index (χ0v) is 10.6. The van der Waals surface area contributed by atoms with Crippen LogP contribution in [-0.4, -0.2) is 13.1 Å². The van der Waals surface area contributed by atoms with Gasteiger partial charge in [-0.2, -0.15) is 0 Å². The van der Waals surface area contributed by atoms with Crippen LogP contribution in [0.5, 0.6) is 0 Å². The van der Waals surface area contributed by atoms with Crippen molar-refractivity contribution in [1.29, 1.82) is 0 Å². The summed E-state index contributed by atoms with van der Waals surface area (Å²) in [6.45, 7) is 4.21. The number of halogens is 2. The summed E-state index contributed by atoms with van der Waals surface area (Å²) in [5.74, 6) is -0.158. The van der Waals surface area contributed by atoms with Crippen molar-refractivity contribution in [1.82, 2.24) is 5.32 Å². The average molecular weight is 274 g/mol. The van der Waals surface area contributed by atoms with E-state index in [1.807, 2.05) is 0 Å². The number of nitrogens with one attached hydrogen (secondary N) is 1. The highest BCUT2D eigenvalue weighted by Crippen LogP contribution is 2.18. The predicted octanol–water partition coefficient (Wildman–Crippen LogP) is 3.52. The van der Waals surface area contributed by atoms with Crippen molar-refractivity contribution in [2.45, 2.75) is 26.2 Å². The van der Waals surface area contributed by atoms with Crippen molar-refractivity contribution in [3.63, 3.8) is 0 Å². The molecule has 1 aromatic rings. The van der Waals surface area contributed by atoms with Crippen LogP contribution in [0.1, 0.15) is 25.3 Å². The maximum absolute atomic E-state index is 12.9. The van der Waals surface area contributed by atoms with Crippen molar-refractivity contribution in [3.8, 4) is 0 Å². The summed E-state index contributed by atoms with van der Waals surface area (Å²) < 4.78 is 13.9. The molecule has 0 unspecified atom stereocenters. The maximum atomic E-state index is 12.9. The van der Waals surface area contributed by atoms with Gasteiger partial charge in [0.1, 0.15) is 5.82 Å². The summed E-state index contributed by atoms with van der Waals surface area (Å²) in [5.41, 5.74) is 1.05. The molecule has 84 valence electrons. The van der Waals surface area contributed by atoms with Crippen LogP contribution in [0.4, 0.5) is 4.39 Å². The lowest BCUT2D eigenvalue weighted by atomic mass is 10.1. The van der Waals surface area contributed by atoms with Crippen LogP contribution in [-0.2, 0) is 6.42 Å². The smallest absolute Gasteiger partial charge is 0.123 e. The summed E-state index contributed by atoms with van der Waals surface area (Å²) in [4.78, 5) is 0. The highest BCUT2D eigenvalue weighted by Gasteiger charge is 2.01. The van der Waals surface area contributed by atoms with E-state index >= 15 is 0 Å². The lowest BCUT2D eigenvalue weighted by Gasteiger charge is -2.05. The molecular formula is C12H17BrFN. The highest BCUT2D eigenvalue weighted by molar-refractivity contribution is 9.10. The zero-order valence-electron chi connectivity index (χ0n) is 9.02. The third-order valence-corrected chi connectivity index (χ3v) is 3.01. The normalized spacial score (nSPS) is 10.6. The van der Waals surface area contributed by atoms with Gasteiger partial charge < -0.3 is 5.32 Å². The Morgan fingerprint density at radius 2 is 2.13 bits per heavy atom. The van der Waals surface area contributed by atoms with E-state index in [9.17, 15) is 4.39 Å². The fraction of sp³-hybridized carbons (Fsp3) is 0.500. The fourth-order valence-electron chi connectivity index (χ4n) is 1.44. The summed E-state index contributed by atoms with van der Waals surface area (Å²) >= 11 is 3.43. The Labute approximate surface area is 99.2 Å². The van der Waals surface area contributed by atoms with Crippen molar-refractivity contribution in [2.75, 3.05) is 13.1 Å². The molecule has 0 spiro atoms. The van der Waals surface area contributed by atoms with E-state index in [2.05, 4.69) is 28.2 Å². The topological polar surface area (TPSA) is 12.0 Å². The molecule has 1 aromatic carbocycles. The molecule has 0 amide bonds. The van der Waals surface area contributed by atoms with Gasteiger partial charge >= 0.3 is 0 Å². The number of benzene rings is 1. The van der Waals surface area contributed by atoms with Gasteiger partial charge in [0.05, 0.1) is 0 Å². The third-order valence-electron chi connectivity index (χ3n) is 2.23. The first-order chi connectivity index (χ1) is 7.24. The standard InChI is InChI=1S/C12H17BrFN/c1-2-7-15-8-3-4-10-9-11(14)5-6-12(10)13/h5-6,9,15H,2-4,7-8H2,1H3. The largest absolute Gasteiger partial charge is 0.317 e. The summed E-state index contributed by atoms with van der Waals surface area (Å²) in [5, 5.41) is 3.33. The molecule has 0 heterocycles. The van der Waals surface area contributed by atoms with Gasteiger partial charge in [0.25, 0.3) is 0 Å². The van der Waals surface area contributed by atoms with Gasteiger partial charge in [-0.25, -0.2) is 4.39 Å². The third kappa shape index (κ3) is 4.76. The van der Waals surface area contributed by atoms with E-state index < -0.39 is 0 Å². The minimum atomic E-state index is -0.158. The molecule has 0 fully saturated rings. The first-order valence-corrected chi connectivity index (χ1v) is 6.18. The molecule has 0 aromatic heterocycles. The molecular weight excluding hydrogens is 257 g/mol. The summed E-state index contributed by atoms with van der Waals surface area (Å²) in [6, 6.07) is 4.84. The van der Waals surface area contributed by atoms with Crippen LogP contribution in [0.15, 0.2) is 22.7 Å². The summed E-state index contributed by atoms with van der Waals surface area (Å²) in [6.07, 6.45) is 3.11. The molecule has 0 aliphatic carbocycles. The number of hydrogen-bond donors (Lipinski definition) is 1. The average Bonchev–Trinajstić information content (AvgIpc) is 2.23. The first kappa shape index (κ1) is 12.7.